The molecular formula is C18H27ClO2. The SMILES string of the molecule is C[C@]12CC[C@@H]3C4=C(CC[C@H]3[C@@H]1C[C@@H](Cl)[C@H]2O)C[C@H](O)CC4. The second-order valence-corrected chi connectivity index (χ2v) is 8.74. The van der Waals surface area contributed by atoms with Gasteiger partial charge in [-0.3, -0.25) is 0 Å². The minimum atomic E-state index is -0.325. The Kier molecular flexibility index (Phi) is 3.44. The van der Waals surface area contributed by atoms with Crippen molar-refractivity contribution in [2.24, 2.45) is 23.2 Å². The van der Waals surface area contributed by atoms with Crippen molar-refractivity contribution in [3.05, 3.63) is 11.1 Å². The van der Waals surface area contributed by atoms with E-state index in [-0.39, 0.29) is 23.0 Å². The summed E-state index contributed by atoms with van der Waals surface area (Å²) in [5.74, 6) is 2.03. The molecule has 0 spiro atoms. The lowest BCUT2D eigenvalue weighted by atomic mass is 9.54. The van der Waals surface area contributed by atoms with Crippen molar-refractivity contribution in [1.29, 1.82) is 0 Å². The Balaban J connectivity index is 1.64. The number of aliphatic hydroxyl groups is 2. The molecule has 0 aromatic rings. The van der Waals surface area contributed by atoms with Crippen LogP contribution in [0.4, 0.5) is 0 Å². The molecule has 2 N–H and O–H groups in total. The van der Waals surface area contributed by atoms with Crippen molar-refractivity contribution in [1.82, 2.24) is 0 Å². The summed E-state index contributed by atoms with van der Waals surface area (Å²) in [4.78, 5) is 0. The Morgan fingerprint density at radius 1 is 1.14 bits per heavy atom. The van der Waals surface area contributed by atoms with Gasteiger partial charge in [-0.2, -0.15) is 0 Å². The number of alkyl halides is 1. The zero-order valence-electron chi connectivity index (χ0n) is 12.9. The first-order valence-electron chi connectivity index (χ1n) is 8.71. The Labute approximate surface area is 132 Å². The number of hydrogen-bond donors (Lipinski definition) is 2. The predicted octanol–water partition coefficient (Wildman–Crippen LogP) is 3.64. The van der Waals surface area contributed by atoms with Crippen molar-refractivity contribution in [2.45, 2.75) is 75.9 Å². The van der Waals surface area contributed by atoms with Crippen LogP contribution in [0.3, 0.4) is 0 Å². The molecular weight excluding hydrogens is 284 g/mol. The van der Waals surface area contributed by atoms with E-state index in [1.165, 1.54) is 19.3 Å². The summed E-state index contributed by atoms with van der Waals surface area (Å²) in [5, 5.41) is 20.4. The highest BCUT2D eigenvalue weighted by atomic mass is 35.5. The minimum absolute atomic E-state index is 0.0415. The maximum absolute atomic E-state index is 10.5. The largest absolute Gasteiger partial charge is 0.393 e. The van der Waals surface area contributed by atoms with Crippen LogP contribution in [0, 0.1) is 23.2 Å². The summed E-state index contributed by atoms with van der Waals surface area (Å²) in [6, 6.07) is 0. The lowest BCUT2D eigenvalue weighted by Gasteiger charge is -2.51. The number of allylic oxidation sites excluding steroid dienone is 1. The molecule has 0 amide bonds. The minimum Gasteiger partial charge on any atom is -0.393 e. The summed E-state index contributed by atoms with van der Waals surface area (Å²) in [5.41, 5.74) is 3.30. The third-order valence-electron chi connectivity index (χ3n) is 7.28. The van der Waals surface area contributed by atoms with Crippen molar-refractivity contribution < 1.29 is 10.2 Å². The van der Waals surface area contributed by atoms with Crippen molar-refractivity contribution in [3.63, 3.8) is 0 Å². The average Bonchev–Trinajstić information content (AvgIpc) is 2.70. The van der Waals surface area contributed by atoms with Gasteiger partial charge in [0.05, 0.1) is 17.6 Å². The third-order valence-corrected chi connectivity index (χ3v) is 7.70. The standard InChI is InChI=1S/C18H27ClO2/c1-18-7-6-13-12-5-3-11(20)8-10(12)2-4-14(13)15(18)9-16(19)17(18)21/h11,13-17,20-21H,2-9H2,1H3/t11-,13-,14-,15+,16-,17-,18+/m1/s1. The van der Waals surface area contributed by atoms with E-state index in [9.17, 15) is 10.2 Å². The molecule has 4 aliphatic rings. The van der Waals surface area contributed by atoms with Crippen molar-refractivity contribution in [2.75, 3.05) is 0 Å². The molecule has 0 bridgehead atoms. The van der Waals surface area contributed by atoms with Gasteiger partial charge in [-0.05, 0) is 74.5 Å². The third kappa shape index (κ3) is 2.05. The van der Waals surface area contributed by atoms with Gasteiger partial charge < -0.3 is 10.2 Å². The molecule has 3 heteroatoms. The fourth-order valence-corrected chi connectivity index (χ4v) is 6.61. The summed E-state index contributed by atoms with van der Waals surface area (Å²) in [6.45, 7) is 2.27. The normalized spacial score (nSPS) is 53.1. The van der Waals surface area contributed by atoms with Gasteiger partial charge in [0, 0.05) is 0 Å². The van der Waals surface area contributed by atoms with Crippen LogP contribution in [0.1, 0.15) is 58.3 Å². The van der Waals surface area contributed by atoms with Crippen LogP contribution in [0.5, 0.6) is 0 Å². The molecule has 0 unspecified atom stereocenters. The molecule has 7 atom stereocenters. The maximum atomic E-state index is 10.5. The topological polar surface area (TPSA) is 40.5 Å². The lowest BCUT2D eigenvalue weighted by Crippen LogP contribution is -2.46. The van der Waals surface area contributed by atoms with Gasteiger partial charge in [0.25, 0.3) is 0 Å². The first-order valence-corrected chi connectivity index (χ1v) is 9.15. The van der Waals surface area contributed by atoms with Crippen LogP contribution < -0.4 is 0 Å². The predicted molar refractivity (Wildman–Crippen MR) is 84.2 cm³/mol. The van der Waals surface area contributed by atoms with E-state index in [1.807, 2.05) is 0 Å². The Morgan fingerprint density at radius 3 is 2.76 bits per heavy atom. The number of hydrogen-bond acceptors (Lipinski definition) is 2. The highest BCUT2D eigenvalue weighted by Crippen LogP contribution is 2.61. The van der Waals surface area contributed by atoms with Gasteiger partial charge in [0.1, 0.15) is 0 Å². The number of aliphatic hydroxyl groups excluding tert-OH is 2. The molecule has 118 valence electrons. The monoisotopic (exact) mass is 310 g/mol. The first-order chi connectivity index (χ1) is 10.0. The lowest BCUT2D eigenvalue weighted by molar-refractivity contribution is -0.0321. The van der Waals surface area contributed by atoms with E-state index in [2.05, 4.69) is 6.92 Å². The molecule has 4 rings (SSSR count). The van der Waals surface area contributed by atoms with Crippen molar-refractivity contribution >= 4 is 11.6 Å². The zero-order chi connectivity index (χ0) is 14.8. The van der Waals surface area contributed by atoms with Gasteiger partial charge in [-0.25, -0.2) is 0 Å². The fraction of sp³-hybridized carbons (Fsp3) is 0.889. The molecule has 2 nitrogen and oxygen atoms in total. The molecule has 2 saturated carbocycles. The van der Waals surface area contributed by atoms with Gasteiger partial charge in [0.15, 0.2) is 0 Å². The highest BCUT2D eigenvalue weighted by molar-refractivity contribution is 6.21. The summed E-state index contributed by atoms with van der Waals surface area (Å²) in [6.07, 6.45) is 8.28. The van der Waals surface area contributed by atoms with Gasteiger partial charge in [0.2, 0.25) is 0 Å². The van der Waals surface area contributed by atoms with Gasteiger partial charge in [-0.15, -0.1) is 11.6 Å². The van der Waals surface area contributed by atoms with E-state index >= 15 is 0 Å². The van der Waals surface area contributed by atoms with Crippen LogP contribution >= 0.6 is 11.6 Å². The summed E-state index contributed by atoms with van der Waals surface area (Å²) >= 11 is 6.42. The second-order valence-electron chi connectivity index (χ2n) is 8.18. The Bertz CT molecular complexity index is 474. The average molecular weight is 311 g/mol. The van der Waals surface area contributed by atoms with Crippen LogP contribution in [-0.4, -0.2) is 27.8 Å². The molecule has 0 aliphatic heterocycles. The molecule has 2 fully saturated rings. The fourth-order valence-electron chi connectivity index (χ4n) is 6.13. The molecule has 4 aliphatic carbocycles. The first kappa shape index (κ1) is 14.5. The molecule has 0 radical (unpaired) electrons. The number of rotatable bonds is 0. The Hall–Kier alpha value is -0.0500. The van der Waals surface area contributed by atoms with Gasteiger partial charge in [-0.1, -0.05) is 18.1 Å². The van der Waals surface area contributed by atoms with Crippen LogP contribution in [-0.2, 0) is 0 Å². The van der Waals surface area contributed by atoms with Crippen LogP contribution in [0.2, 0.25) is 0 Å². The molecule has 0 aromatic heterocycles. The Morgan fingerprint density at radius 2 is 1.95 bits per heavy atom. The van der Waals surface area contributed by atoms with E-state index in [0.717, 1.165) is 38.0 Å². The van der Waals surface area contributed by atoms with E-state index < -0.39 is 0 Å². The van der Waals surface area contributed by atoms with Gasteiger partial charge >= 0.3 is 0 Å². The van der Waals surface area contributed by atoms with E-state index in [1.54, 1.807) is 11.1 Å². The summed E-state index contributed by atoms with van der Waals surface area (Å²) < 4.78 is 0. The van der Waals surface area contributed by atoms with Crippen LogP contribution in [0.25, 0.3) is 0 Å². The van der Waals surface area contributed by atoms with E-state index in [0.29, 0.717) is 11.8 Å². The summed E-state index contributed by atoms with van der Waals surface area (Å²) in [7, 11) is 0. The zero-order valence-corrected chi connectivity index (χ0v) is 13.6. The molecule has 0 heterocycles. The van der Waals surface area contributed by atoms with E-state index in [4.69, 9.17) is 11.6 Å². The second kappa shape index (κ2) is 4.97. The smallest absolute Gasteiger partial charge is 0.0760 e. The molecule has 21 heavy (non-hydrogen) atoms. The number of halogens is 1. The van der Waals surface area contributed by atoms with Crippen LogP contribution in [0.15, 0.2) is 11.1 Å². The van der Waals surface area contributed by atoms with Crippen molar-refractivity contribution in [3.8, 4) is 0 Å². The highest BCUT2D eigenvalue weighted by Gasteiger charge is 2.57. The molecule has 0 aromatic carbocycles. The molecule has 0 saturated heterocycles. The number of fused-ring (bicyclic) bond motifs is 4. The quantitative estimate of drug-likeness (QED) is 0.530. The maximum Gasteiger partial charge on any atom is 0.0760 e.